The second-order valence-corrected chi connectivity index (χ2v) is 5.97. The van der Waals surface area contributed by atoms with Gasteiger partial charge in [0.15, 0.2) is 0 Å². The van der Waals surface area contributed by atoms with Crippen molar-refractivity contribution in [3.63, 3.8) is 0 Å². The molecule has 3 nitrogen and oxygen atoms in total. The zero-order valence-corrected chi connectivity index (χ0v) is 13.8. The Balaban J connectivity index is 2.22. The molecule has 0 atom stereocenters. The maximum absolute atomic E-state index is 12.3. The van der Waals surface area contributed by atoms with E-state index in [0.29, 0.717) is 10.6 Å². The Morgan fingerprint density at radius 2 is 1.55 bits per heavy atom. The summed E-state index contributed by atoms with van der Waals surface area (Å²) in [5, 5.41) is 0. The van der Waals surface area contributed by atoms with Gasteiger partial charge in [-0.3, -0.25) is 4.79 Å². The molecule has 0 aromatic heterocycles. The van der Waals surface area contributed by atoms with E-state index in [4.69, 9.17) is 18.0 Å². The summed E-state index contributed by atoms with van der Waals surface area (Å²) >= 11 is 7.12. The molecule has 5 heteroatoms. The largest absolute Gasteiger partial charge is 0.389 e. The minimum Gasteiger partial charge on any atom is -0.389 e. The summed E-state index contributed by atoms with van der Waals surface area (Å²) in [5.41, 5.74) is 7.80. The molecule has 0 fully saturated rings. The molecule has 0 aliphatic carbocycles. The van der Waals surface area contributed by atoms with Crippen molar-refractivity contribution in [2.45, 2.75) is 0 Å². The molecule has 0 bridgehead atoms. The molecule has 102 valence electrons. The predicted molar refractivity (Wildman–Crippen MR) is 94.2 cm³/mol. The van der Waals surface area contributed by atoms with Crippen LogP contribution in [0.4, 0.5) is 5.69 Å². The lowest BCUT2D eigenvalue weighted by molar-refractivity contribution is 0.0993. The third-order valence-electron chi connectivity index (χ3n) is 2.93. The molecule has 2 aromatic rings. The topological polar surface area (TPSA) is 46.3 Å². The molecular weight excluding hydrogens is 383 g/mol. The molecule has 0 aliphatic rings. The number of nitrogens with zero attached hydrogens (tertiary/aromatic N) is 1. The number of hydrogen-bond acceptors (Lipinski definition) is 2. The number of rotatable bonds is 3. The molecule has 2 rings (SSSR count). The van der Waals surface area contributed by atoms with Crippen LogP contribution in [0.3, 0.4) is 0 Å². The maximum Gasteiger partial charge on any atom is 0.258 e. The summed E-state index contributed by atoms with van der Waals surface area (Å²) in [6, 6.07) is 14.8. The fourth-order valence-corrected chi connectivity index (χ4v) is 2.25. The van der Waals surface area contributed by atoms with Crippen LogP contribution in [0.2, 0.25) is 0 Å². The summed E-state index contributed by atoms with van der Waals surface area (Å²) in [6.07, 6.45) is 0. The van der Waals surface area contributed by atoms with Crippen LogP contribution in [0.1, 0.15) is 15.9 Å². The van der Waals surface area contributed by atoms with Crippen molar-refractivity contribution < 1.29 is 4.79 Å². The summed E-state index contributed by atoms with van der Waals surface area (Å²) in [5.74, 6) is -0.0514. The molecule has 0 saturated heterocycles. The first-order valence-electron chi connectivity index (χ1n) is 5.92. The van der Waals surface area contributed by atoms with Crippen molar-refractivity contribution in [1.29, 1.82) is 0 Å². The molecule has 0 unspecified atom stereocenters. The van der Waals surface area contributed by atoms with Crippen molar-refractivity contribution in [3.05, 3.63) is 63.2 Å². The van der Waals surface area contributed by atoms with Crippen LogP contribution >= 0.6 is 34.8 Å². The summed E-state index contributed by atoms with van der Waals surface area (Å²) in [7, 11) is 1.75. The number of carbonyl (C=O) groups is 1. The lowest BCUT2D eigenvalue weighted by atomic mass is 10.1. The molecule has 0 radical (unpaired) electrons. The van der Waals surface area contributed by atoms with Gasteiger partial charge in [-0.2, -0.15) is 0 Å². The van der Waals surface area contributed by atoms with Gasteiger partial charge in [0.25, 0.3) is 5.91 Å². The maximum atomic E-state index is 12.3. The van der Waals surface area contributed by atoms with Crippen molar-refractivity contribution in [1.82, 2.24) is 0 Å². The van der Waals surface area contributed by atoms with Gasteiger partial charge in [-0.15, -0.1) is 0 Å². The highest BCUT2D eigenvalue weighted by molar-refractivity contribution is 14.1. The van der Waals surface area contributed by atoms with Gasteiger partial charge in [-0.05, 0) is 71.1 Å². The Kier molecular flexibility index (Phi) is 4.72. The van der Waals surface area contributed by atoms with Crippen LogP contribution in [0.15, 0.2) is 48.5 Å². The summed E-state index contributed by atoms with van der Waals surface area (Å²) in [4.78, 5) is 14.3. The van der Waals surface area contributed by atoms with E-state index in [1.165, 1.54) is 0 Å². The van der Waals surface area contributed by atoms with E-state index in [0.717, 1.165) is 14.8 Å². The van der Waals surface area contributed by atoms with Gasteiger partial charge in [-0.25, -0.2) is 0 Å². The molecule has 0 saturated carbocycles. The highest BCUT2D eigenvalue weighted by atomic mass is 127. The minimum atomic E-state index is -0.0514. The van der Waals surface area contributed by atoms with E-state index < -0.39 is 0 Å². The van der Waals surface area contributed by atoms with Gasteiger partial charge in [0.2, 0.25) is 0 Å². The Morgan fingerprint density at radius 3 is 2.05 bits per heavy atom. The lowest BCUT2D eigenvalue weighted by Gasteiger charge is -2.17. The lowest BCUT2D eigenvalue weighted by Crippen LogP contribution is -2.26. The van der Waals surface area contributed by atoms with E-state index in [2.05, 4.69) is 22.6 Å². The number of halogens is 1. The first-order valence-corrected chi connectivity index (χ1v) is 7.41. The quantitative estimate of drug-likeness (QED) is 0.641. The van der Waals surface area contributed by atoms with Gasteiger partial charge in [-0.1, -0.05) is 12.2 Å². The SMILES string of the molecule is CN(C(=O)c1ccc(I)cc1)c1ccc(C(N)=S)cc1. The zero-order chi connectivity index (χ0) is 14.7. The normalized spacial score (nSPS) is 10.1. The summed E-state index contributed by atoms with van der Waals surface area (Å²) in [6.45, 7) is 0. The first kappa shape index (κ1) is 14.9. The number of nitrogens with two attached hydrogens (primary N) is 1. The van der Waals surface area contributed by atoms with Gasteiger partial charge in [0.1, 0.15) is 4.99 Å². The van der Waals surface area contributed by atoms with Crippen LogP contribution in [-0.2, 0) is 0 Å². The molecule has 2 aromatic carbocycles. The molecule has 1 amide bonds. The van der Waals surface area contributed by atoms with Crippen molar-refractivity contribution in [2.75, 3.05) is 11.9 Å². The first-order chi connectivity index (χ1) is 9.49. The van der Waals surface area contributed by atoms with Gasteiger partial charge < -0.3 is 10.6 Å². The second kappa shape index (κ2) is 6.32. The predicted octanol–water partition coefficient (Wildman–Crippen LogP) is 3.20. The fourth-order valence-electron chi connectivity index (χ4n) is 1.75. The van der Waals surface area contributed by atoms with Crippen molar-refractivity contribution >= 4 is 51.4 Å². The molecule has 0 spiro atoms. The Bertz CT molecular complexity index is 638. The molecule has 0 heterocycles. The van der Waals surface area contributed by atoms with Crippen molar-refractivity contribution in [2.24, 2.45) is 5.73 Å². The third-order valence-corrected chi connectivity index (χ3v) is 3.89. The third kappa shape index (κ3) is 3.34. The molecular formula is C15H13IN2OS. The van der Waals surface area contributed by atoms with Crippen molar-refractivity contribution in [3.8, 4) is 0 Å². The van der Waals surface area contributed by atoms with Crippen LogP contribution in [0.5, 0.6) is 0 Å². The van der Waals surface area contributed by atoms with Crippen LogP contribution < -0.4 is 10.6 Å². The Morgan fingerprint density at radius 1 is 1.05 bits per heavy atom. The Hall–Kier alpha value is -1.47. The monoisotopic (exact) mass is 396 g/mol. The number of thiocarbonyl (C=S) groups is 1. The van der Waals surface area contributed by atoms with Crippen LogP contribution in [0, 0.1) is 3.57 Å². The summed E-state index contributed by atoms with van der Waals surface area (Å²) < 4.78 is 1.10. The minimum absolute atomic E-state index is 0.0514. The average molecular weight is 396 g/mol. The highest BCUT2D eigenvalue weighted by Crippen LogP contribution is 2.17. The van der Waals surface area contributed by atoms with Gasteiger partial charge >= 0.3 is 0 Å². The van der Waals surface area contributed by atoms with Gasteiger partial charge in [0.05, 0.1) is 0 Å². The van der Waals surface area contributed by atoms with Crippen LogP contribution in [0.25, 0.3) is 0 Å². The standard InChI is InChI=1S/C15H13IN2OS/c1-18(13-8-4-10(5-9-13)14(17)20)15(19)11-2-6-12(16)7-3-11/h2-9H,1H3,(H2,17,20). The second-order valence-electron chi connectivity index (χ2n) is 4.28. The van der Waals surface area contributed by atoms with E-state index in [1.807, 2.05) is 48.5 Å². The number of carbonyl (C=O) groups excluding carboxylic acids is 1. The number of amides is 1. The average Bonchev–Trinajstić information content (AvgIpc) is 2.46. The van der Waals surface area contributed by atoms with Crippen LogP contribution in [-0.4, -0.2) is 17.9 Å². The molecule has 2 N–H and O–H groups in total. The Labute approximate surface area is 136 Å². The fraction of sp³-hybridized carbons (Fsp3) is 0.0667. The molecule has 20 heavy (non-hydrogen) atoms. The number of benzene rings is 2. The van der Waals surface area contributed by atoms with Gasteiger partial charge in [0, 0.05) is 27.4 Å². The highest BCUT2D eigenvalue weighted by Gasteiger charge is 2.13. The molecule has 0 aliphatic heterocycles. The number of hydrogen-bond donors (Lipinski definition) is 1. The van der Waals surface area contributed by atoms with E-state index in [9.17, 15) is 4.79 Å². The zero-order valence-electron chi connectivity index (χ0n) is 10.8. The van der Waals surface area contributed by atoms with E-state index in [-0.39, 0.29) is 5.91 Å². The van der Waals surface area contributed by atoms with E-state index >= 15 is 0 Å². The van der Waals surface area contributed by atoms with E-state index in [1.54, 1.807) is 11.9 Å². The number of anilines is 1. The smallest absolute Gasteiger partial charge is 0.258 e.